The minimum absolute atomic E-state index is 0.0773. The fourth-order valence-electron chi connectivity index (χ4n) is 5.52. The predicted molar refractivity (Wildman–Crippen MR) is 120 cm³/mol. The summed E-state index contributed by atoms with van der Waals surface area (Å²) in [6, 6.07) is 15.5. The van der Waals surface area contributed by atoms with Crippen LogP contribution in [0.1, 0.15) is 57.1 Å². The highest BCUT2D eigenvalue weighted by molar-refractivity contribution is 7.89. The minimum atomic E-state index is -3.60. The van der Waals surface area contributed by atoms with Crippen LogP contribution in [0, 0.1) is 18.3 Å². The van der Waals surface area contributed by atoms with Crippen LogP contribution in [0.2, 0.25) is 0 Å². The average Bonchev–Trinajstić information content (AvgIpc) is 3.47. The number of ether oxygens (including phenoxy) is 1. The van der Waals surface area contributed by atoms with Crippen LogP contribution in [0.25, 0.3) is 0 Å². The molecule has 0 aromatic heterocycles. The fraction of sp³-hybridized carbons (Fsp3) is 0.520. The Morgan fingerprint density at radius 3 is 2.13 bits per heavy atom. The number of hydrogen-bond acceptors (Lipinski definition) is 3. The summed E-state index contributed by atoms with van der Waals surface area (Å²) in [5, 5.41) is 0. The second-order valence-corrected chi connectivity index (χ2v) is 12.0. The molecule has 0 amide bonds. The van der Waals surface area contributed by atoms with Gasteiger partial charge in [0, 0.05) is 18.0 Å². The Bertz CT molecular complexity index is 1010. The summed E-state index contributed by atoms with van der Waals surface area (Å²) in [4.78, 5) is 0.390. The molecule has 162 valence electrons. The van der Waals surface area contributed by atoms with Crippen molar-refractivity contribution in [2.45, 2.75) is 63.3 Å². The van der Waals surface area contributed by atoms with Gasteiger partial charge in [-0.15, -0.1) is 0 Å². The lowest BCUT2D eigenvalue weighted by molar-refractivity contribution is 0.199. The number of benzene rings is 2. The summed E-state index contributed by atoms with van der Waals surface area (Å²) >= 11 is 0. The molecule has 1 saturated carbocycles. The molecule has 5 heteroatoms. The van der Waals surface area contributed by atoms with Gasteiger partial charge in [-0.05, 0) is 74.3 Å². The molecule has 2 aliphatic rings. The Kier molecular flexibility index (Phi) is 5.26. The van der Waals surface area contributed by atoms with E-state index >= 15 is 0 Å². The smallest absolute Gasteiger partial charge is 0.243 e. The zero-order valence-corrected chi connectivity index (χ0v) is 19.5. The quantitative estimate of drug-likeness (QED) is 0.622. The van der Waals surface area contributed by atoms with Crippen LogP contribution in [0.4, 0.5) is 0 Å². The monoisotopic (exact) mass is 427 g/mol. The van der Waals surface area contributed by atoms with Crippen molar-refractivity contribution < 1.29 is 13.2 Å². The van der Waals surface area contributed by atoms with E-state index in [-0.39, 0.29) is 11.3 Å². The van der Waals surface area contributed by atoms with Crippen LogP contribution in [-0.4, -0.2) is 31.9 Å². The Morgan fingerprint density at radius 2 is 1.60 bits per heavy atom. The summed E-state index contributed by atoms with van der Waals surface area (Å²) < 4.78 is 34.8. The molecule has 2 fully saturated rings. The largest absolute Gasteiger partial charge is 0.497 e. The third-order valence-electron chi connectivity index (χ3n) is 6.83. The SMILES string of the molecule is COc1ccc(C(C2CC2)[C@@]2(C)CC(C)(C)CN2S(=O)(=O)c2ccc(C)cc2)cc1. The van der Waals surface area contributed by atoms with Gasteiger partial charge in [0.15, 0.2) is 0 Å². The van der Waals surface area contributed by atoms with Gasteiger partial charge in [-0.25, -0.2) is 8.42 Å². The maximum atomic E-state index is 13.8. The van der Waals surface area contributed by atoms with Gasteiger partial charge < -0.3 is 4.74 Å². The number of rotatable bonds is 6. The van der Waals surface area contributed by atoms with Crippen molar-refractivity contribution in [1.29, 1.82) is 0 Å². The summed E-state index contributed by atoms with van der Waals surface area (Å²) in [6.07, 6.45) is 3.16. The molecular formula is C25H33NO3S. The normalized spacial score (nSPS) is 25.2. The summed E-state index contributed by atoms with van der Waals surface area (Å²) in [5.41, 5.74) is 1.73. The first-order valence-electron chi connectivity index (χ1n) is 10.8. The first kappa shape index (κ1) is 21.4. The highest BCUT2D eigenvalue weighted by Crippen LogP contribution is 2.57. The van der Waals surface area contributed by atoms with Gasteiger partial charge in [0.2, 0.25) is 10.0 Å². The van der Waals surface area contributed by atoms with E-state index in [0.717, 1.165) is 30.6 Å². The Labute approximate surface area is 181 Å². The first-order valence-corrected chi connectivity index (χ1v) is 12.2. The van der Waals surface area contributed by atoms with Crippen molar-refractivity contribution in [2.24, 2.45) is 11.3 Å². The van der Waals surface area contributed by atoms with Crippen molar-refractivity contribution >= 4 is 10.0 Å². The molecule has 1 aliphatic carbocycles. The number of sulfonamides is 1. The molecule has 0 bridgehead atoms. The molecule has 4 nitrogen and oxygen atoms in total. The van der Waals surface area contributed by atoms with Gasteiger partial charge in [-0.1, -0.05) is 43.7 Å². The van der Waals surface area contributed by atoms with Crippen LogP contribution in [-0.2, 0) is 10.0 Å². The van der Waals surface area contributed by atoms with Crippen molar-refractivity contribution in [3.63, 3.8) is 0 Å². The summed E-state index contributed by atoms with van der Waals surface area (Å²) in [5.74, 6) is 1.52. The highest BCUT2D eigenvalue weighted by Gasteiger charge is 2.58. The van der Waals surface area contributed by atoms with Gasteiger partial charge in [0.25, 0.3) is 0 Å². The average molecular weight is 428 g/mol. The van der Waals surface area contributed by atoms with E-state index in [2.05, 4.69) is 32.9 Å². The molecular weight excluding hydrogens is 394 g/mol. The second-order valence-electron chi connectivity index (χ2n) is 10.1. The standard InChI is InChI=1S/C25H33NO3S/c1-18-6-14-22(15-7-18)30(27,28)26-17-24(2,3)16-25(26,4)23(19-8-9-19)20-10-12-21(29-5)13-11-20/h6-7,10-15,19,23H,8-9,16-17H2,1-5H3/t23?,25-/m1/s1. The van der Waals surface area contributed by atoms with Crippen LogP contribution in [0.5, 0.6) is 5.75 Å². The maximum absolute atomic E-state index is 13.8. The predicted octanol–water partition coefficient (Wildman–Crippen LogP) is 5.38. The second kappa shape index (κ2) is 7.38. The van der Waals surface area contributed by atoms with Crippen LogP contribution in [0.3, 0.4) is 0 Å². The molecule has 30 heavy (non-hydrogen) atoms. The topological polar surface area (TPSA) is 46.6 Å². The number of methoxy groups -OCH3 is 1. The van der Waals surface area contributed by atoms with E-state index in [4.69, 9.17) is 4.74 Å². The van der Waals surface area contributed by atoms with E-state index < -0.39 is 15.6 Å². The lowest BCUT2D eigenvalue weighted by atomic mass is 9.72. The molecule has 1 saturated heterocycles. The summed E-state index contributed by atoms with van der Waals surface area (Å²) in [7, 11) is -1.93. The van der Waals surface area contributed by atoms with E-state index in [1.807, 2.05) is 35.5 Å². The Hall–Kier alpha value is -1.85. The van der Waals surface area contributed by atoms with Crippen molar-refractivity contribution in [1.82, 2.24) is 4.31 Å². The number of aryl methyl sites for hydroxylation is 1. The third-order valence-corrected chi connectivity index (χ3v) is 8.82. The number of hydrogen-bond donors (Lipinski definition) is 0. The van der Waals surface area contributed by atoms with Crippen molar-refractivity contribution in [2.75, 3.05) is 13.7 Å². The van der Waals surface area contributed by atoms with E-state index in [9.17, 15) is 8.42 Å². The molecule has 2 atom stereocenters. The molecule has 2 aromatic rings. The van der Waals surface area contributed by atoms with Crippen molar-refractivity contribution in [3.05, 3.63) is 59.7 Å². The van der Waals surface area contributed by atoms with Crippen LogP contribution >= 0.6 is 0 Å². The molecule has 4 rings (SSSR count). The van der Waals surface area contributed by atoms with Gasteiger partial charge in [0.05, 0.1) is 12.0 Å². The van der Waals surface area contributed by atoms with E-state index in [0.29, 0.717) is 17.4 Å². The fourth-order valence-corrected chi connectivity index (χ4v) is 7.51. The first-order chi connectivity index (χ1) is 14.1. The maximum Gasteiger partial charge on any atom is 0.243 e. The molecule has 1 unspecified atom stereocenters. The van der Waals surface area contributed by atoms with Crippen LogP contribution < -0.4 is 4.74 Å². The number of nitrogens with zero attached hydrogens (tertiary/aromatic N) is 1. The lowest BCUT2D eigenvalue weighted by Gasteiger charge is -2.42. The molecule has 1 heterocycles. The van der Waals surface area contributed by atoms with Crippen LogP contribution in [0.15, 0.2) is 53.4 Å². The molecule has 0 N–H and O–H groups in total. The van der Waals surface area contributed by atoms with Crippen molar-refractivity contribution in [3.8, 4) is 5.75 Å². The summed E-state index contributed by atoms with van der Waals surface area (Å²) in [6.45, 7) is 9.06. The van der Waals surface area contributed by atoms with E-state index in [1.165, 1.54) is 5.56 Å². The Balaban J connectivity index is 1.80. The van der Waals surface area contributed by atoms with E-state index in [1.54, 1.807) is 19.2 Å². The third kappa shape index (κ3) is 3.78. The zero-order valence-electron chi connectivity index (χ0n) is 18.7. The minimum Gasteiger partial charge on any atom is -0.497 e. The van der Waals surface area contributed by atoms with Gasteiger partial charge in [0.1, 0.15) is 5.75 Å². The van der Waals surface area contributed by atoms with Gasteiger partial charge in [-0.2, -0.15) is 4.31 Å². The van der Waals surface area contributed by atoms with Gasteiger partial charge in [-0.3, -0.25) is 0 Å². The highest BCUT2D eigenvalue weighted by atomic mass is 32.2. The Morgan fingerprint density at radius 1 is 1.00 bits per heavy atom. The molecule has 0 spiro atoms. The zero-order chi connectivity index (χ0) is 21.7. The molecule has 0 radical (unpaired) electrons. The van der Waals surface area contributed by atoms with Gasteiger partial charge >= 0.3 is 0 Å². The lowest BCUT2D eigenvalue weighted by Crippen LogP contribution is -2.49. The molecule has 1 aliphatic heterocycles. The molecule has 2 aromatic carbocycles.